The summed E-state index contributed by atoms with van der Waals surface area (Å²) in [6.07, 6.45) is 4.23. The number of anilines is 1. The number of para-hydroxylation sites is 1. The number of benzene rings is 2. The van der Waals surface area contributed by atoms with Gasteiger partial charge in [0.05, 0.1) is 10.3 Å². The van der Waals surface area contributed by atoms with Gasteiger partial charge in [-0.2, -0.15) is 0 Å². The van der Waals surface area contributed by atoms with Crippen molar-refractivity contribution in [1.82, 2.24) is 14.9 Å². The largest absolute Gasteiger partial charge is 0.371 e. The zero-order valence-corrected chi connectivity index (χ0v) is 21.0. The highest BCUT2D eigenvalue weighted by Gasteiger charge is 2.23. The van der Waals surface area contributed by atoms with Crippen molar-refractivity contribution in [2.75, 3.05) is 25.0 Å². The molecule has 7 heteroatoms. The molecule has 0 atom stereocenters. The van der Waals surface area contributed by atoms with E-state index in [0.29, 0.717) is 39.4 Å². The second kappa shape index (κ2) is 10.0. The van der Waals surface area contributed by atoms with Crippen molar-refractivity contribution in [2.45, 2.75) is 39.2 Å². The highest BCUT2D eigenvalue weighted by molar-refractivity contribution is 7.20. The molecule has 0 aliphatic carbocycles. The summed E-state index contributed by atoms with van der Waals surface area (Å²) >= 11 is 1.31. The molecule has 0 bridgehead atoms. The van der Waals surface area contributed by atoms with Gasteiger partial charge in [-0.15, -0.1) is 11.3 Å². The number of aryl methyl sites for hydroxylation is 1. The number of nitrogens with zero attached hydrogens (tertiary/aromatic N) is 3. The van der Waals surface area contributed by atoms with Crippen LogP contribution in [0.5, 0.6) is 0 Å². The Hall–Kier alpha value is -3.45. The molecule has 6 nitrogen and oxygen atoms in total. The maximum atomic E-state index is 13.5. The van der Waals surface area contributed by atoms with Gasteiger partial charge in [-0.25, -0.2) is 4.98 Å². The molecule has 4 aromatic rings. The molecule has 1 saturated heterocycles. The lowest BCUT2D eigenvalue weighted by Gasteiger charge is -2.31. The van der Waals surface area contributed by atoms with Gasteiger partial charge in [-0.1, -0.05) is 48.5 Å². The van der Waals surface area contributed by atoms with E-state index < -0.39 is 0 Å². The summed E-state index contributed by atoms with van der Waals surface area (Å²) in [6.45, 7) is 4.48. The van der Waals surface area contributed by atoms with Gasteiger partial charge in [-0.05, 0) is 48.9 Å². The molecule has 1 aliphatic rings. The lowest BCUT2D eigenvalue weighted by atomic mass is 10.1. The lowest BCUT2D eigenvalue weighted by Crippen LogP contribution is -2.32. The number of aromatic nitrogens is 2. The summed E-state index contributed by atoms with van der Waals surface area (Å²) in [5.74, 6) is 0.528. The highest BCUT2D eigenvalue weighted by atomic mass is 32.1. The Kier molecular flexibility index (Phi) is 6.68. The van der Waals surface area contributed by atoms with Crippen LogP contribution in [0.15, 0.2) is 59.4 Å². The quantitative estimate of drug-likeness (QED) is 0.409. The second-order valence-electron chi connectivity index (χ2n) is 9.25. The number of H-pyrrole nitrogens is 1. The number of piperidine rings is 1. The van der Waals surface area contributed by atoms with Crippen LogP contribution in [0.3, 0.4) is 0 Å². The number of amides is 1. The molecule has 1 N–H and O–H groups in total. The first kappa shape index (κ1) is 23.3. The van der Waals surface area contributed by atoms with Crippen molar-refractivity contribution in [3.63, 3.8) is 0 Å². The van der Waals surface area contributed by atoms with Crippen molar-refractivity contribution < 1.29 is 4.79 Å². The fraction of sp³-hybridized carbons (Fsp3) is 0.321. The average Bonchev–Trinajstić information content (AvgIpc) is 3.21. The monoisotopic (exact) mass is 486 g/mol. The highest BCUT2D eigenvalue weighted by Crippen LogP contribution is 2.30. The van der Waals surface area contributed by atoms with Crippen LogP contribution in [0.1, 0.15) is 51.4 Å². The number of hydrogen-bond acceptors (Lipinski definition) is 5. The van der Waals surface area contributed by atoms with Crippen molar-refractivity contribution >= 4 is 33.1 Å². The Morgan fingerprint density at radius 2 is 1.77 bits per heavy atom. The number of carbonyl (C=O) groups excluding carboxylic acids is 1. The van der Waals surface area contributed by atoms with E-state index in [1.165, 1.54) is 36.3 Å². The first-order valence-corrected chi connectivity index (χ1v) is 13.0. The zero-order valence-electron chi connectivity index (χ0n) is 20.2. The fourth-order valence-electron chi connectivity index (χ4n) is 4.85. The number of hydrogen-bond donors (Lipinski definition) is 1. The number of aromatic amines is 1. The third kappa shape index (κ3) is 4.86. The third-order valence-electron chi connectivity index (χ3n) is 6.70. The van der Waals surface area contributed by atoms with Gasteiger partial charge in [0.25, 0.3) is 11.5 Å². The summed E-state index contributed by atoms with van der Waals surface area (Å²) in [4.78, 5) is 39.4. The van der Waals surface area contributed by atoms with Gasteiger partial charge in [0.1, 0.15) is 10.7 Å². The van der Waals surface area contributed by atoms with Gasteiger partial charge in [0.15, 0.2) is 0 Å². The Morgan fingerprint density at radius 1 is 1.06 bits per heavy atom. The Bertz CT molecular complexity index is 1400. The van der Waals surface area contributed by atoms with Crippen LogP contribution in [0.4, 0.5) is 5.69 Å². The number of nitrogens with one attached hydrogen (secondary N) is 1. The van der Waals surface area contributed by atoms with E-state index >= 15 is 0 Å². The van der Waals surface area contributed by atoms with Crippen molar-refractivity contribution in [1.29, 1.82) is 0 Å². The van der Waals surface area contributed by atoms with E-state index in [2.05, 4.69) is 28.1 Å². The minimum absolute atomic E-state index is 0.0806. The van der Waals surface area contributed by atoms with Crippen LogP contribution in [-0.4, -0.2) is 40.9 Å². The van der Waals surface area contributed by atoms with Crippen molar-refractivity contribution in [3.8, 4) is 0 Å². The first-order chi connectivity index (χ1) is 17.0. The van der Waals surface area contributed by atoms with Crippen LogP contribution >= 0.6 is 11.3 Å². The lowest BCUT2D eigenvalue weighted by molar-refractivity contribution is 0.0789. The third-order valence-corrected chi connectivity index (χ3v) is 7.87. The molecule has 1 fully saturated rings. The van der Waals surface area contributed by atoms with Crippen molar-refractivity contribution in [2.24, 2.45) is 0 Å². The van der Waals surface area contributed by atoms with E-state index in [1.807, 2.05) is 50.4 Å². The zero-order chi connectivity index (χ0) is 24.4. The Balaban J connectivity index is 1.40. The molecule has 0 saturated carbocycles. The van der Waals surface area contributed by atoms with Gasteiger partial charge in [0, 0.05) is 38.8 Å². The molecule has 0 unspecified atom stereocenters. The minimum Gasteiger partial charge on any atom is -0.371 e. The molecular formula is C28H30N4O2S. The van der Waals surface area contributed by atoms with Crippen LogP contribution in [0.2, 0.25) is 0 Å². The molecular weight excluding hydrogens is 456 g/mol. The molecule has 2 aromatic carbocycles. The number of rotatable bonds is 6. The van der Waals surface area contributed by atoms with E-state index in [0.717, 1.165) is 24.2 Å². The molecule has 0 spiro atoms. The smallest absolute Gasteiger partial charge is 0.264 e. The Labute approximate surface area is 209 Å². The minimum atomic E-state index is -0.188. The van der Waals surface area contributed by atoms with Crippen LogP contribution in [-0.2, 0) is 13.0 Å². The SMILES string of the molecule is Cc1c(C(=O)N(C)Cc2ccccc2N2CCCCC2)sc2nc(Cc3ccccc3)[nH]c(=O)c12. The summed E-state index contributed by atoms with van der Waals surface area (Å²) < 4.78 is 0. The van der Waals surface area contributed by atoms with Gasteiger partial charge in [-0.3, -0.25) is 9.59 Å². The molecule has 180 valence electrons. The van der Waals surface area contributed by atoms with Crippen LogP contribution in [0.25, 0.3) is 10.2 Å². The number of thiophene rings is 1. The van der Waals surface area contributed by atoms with E-state index in [9.17, 15) is 9.59 Å². The molecule has 1 aliphatic heterocycles. The van der Waals surface area contributed by atoms with Crippen LogP contribution < -0.4 is 10.5 Å². The topological polar surface area (TPSA) is 69.3 Å². The van der Waals surface area contributed by atoms with Crippen LogP contribution in [0, 0.1) is 6.92 Å². The maximum absolute atomic E-state index is 13.5. The molecule has 2 aromatic heterocycles. The standard InChI is InChI=1S/C28H30N4O2S/c1-19-24-26(33)29-23(17-20-11-5-3-6-12-20)30-27(24)35-25(19)28(34)31(2)18-21-13-7-8-14-22(21)32-15-9-4-10-16-32/h3,5-8,11-14H,4,9-10,15-18H2,1-2H3,(H,29,30,33). The first-order valence-electron chi connectivity index (χ1n) is 12.2. The molecule has 3 heterocycles. The summed E-state index contributed by atoms with van der Waals surface area (Å²) in [6, 6.07) is 18.3. The van der Waals surface area contributed by atoms with Gasteiger partial charge < -0.3 is 14.8 Å². The molecule has 35 heavy (non-hydrogen) atoms. The number of fused-ring (bicyclic) bond motifs is 1. The maximum Gasteiger partial charge on any atom is 0.264 e. The van der Waals surface area contributed by atoms with E-state index in [-0.39, 0.29) is 11.5 Å². The van der Waals surface area contributed by atoms with Gasteiger partial charge >= 0.3 is 0 Å². The second-order valence-corrected chi connectivity index (χ2v) is 10.2. The number of carbonyl (C=O) groups is 1. The molecule has 5 rings (SSSR count). The predicted molar refractivity (Wildman–Crippen MR) is 143 cm³/mol. The normalized spacial score (nSPS) is 13.8. The average molecular weight is 487 g/mol. The molecule has 0 radical (unpaired) electrons. The van der Waals surface area contributed by atoms with Gasteiger partial charge in [0.2, 0.25) is 0 Å². The predicted octanol–water partition coefficient (Wildman–Crippen LogP) is 5.15. The summed E-state index contributed by atoms with van der Waals surface area (Å²) in [7, 11) is 1.83. The van der Waals surface area contributed by atoms with E-state index in [1.54, 1.807) is 4.90 Å². The summed E-state index contributed by atoms with van der Waals surface area (Å²) in [5.41, 5.74) is 3.94. The Morgan fingerprint density at radius 3 is 2.54 bits per heavy atom. The van der Waals surface area contributed by atoms with Crippen molar-refractivity contribution in [3.05, 3.63) is 92.3 Å². The molecule has 1 amide bonds. The summed E-state index contributed by atoms with van der Waals surface area (Å²) in [5, 5.41) is 0.511. The fourth-order valence-corrected chi connectivity index (χ4v) is 6.05. The van der Waals surface area contributed by atoms with E-state index in [4.69, 9.17) is 4.98 Å².